The third kappa shape index (κ3) is 4.55. The van der Waals surface area contributed by atoms with Gasteiger partial charge in [-0.3, -0.25) is 4.79 Å². The van der Waals surface area contributed by atoms with Gasteiger partial charge in [-0.15, -0.1) is 0 Å². The quantitative estimate of drug-likeness (QED) is 0.689. The van der Waals surface area contributed by atoms with E-state index in [1.165, 1.54) is 0 Å². The molecule has 26 heavy (non-hydrogen) atoms. The summed E-state index contributed by atoms with van der Waals surface area (Å²) < 4.78 is 12.3. The second-order valence-corrected chi connectivity index (χ2v) is 5.90. The second kappa shape index (κ2) is 8.40. The first-order valence-electron chi connectivity index (χ1n) is 7.97. The molecule has 1 heterocycles. The molecule has 0 saturated heterocycles. The van der Waals surface area contributed by atoms with E-state index in [9.17, 15) is 4.79 Å². The maximum atomic E-state index is 12.1. The summed E-state index contributed by atoms with van der Waals surface area (Å²) in [5.41, 5.74) is 1.04. The largest absolute Gasteiger partial charge is 0.497 e. The minimum absolute atomic E-state index is 0.141. The van der Waals surface area contributed by atoms with Gasteiger partial charge in [0.15, 0.2) is 6.61 Å². The molecule has 3 aromatic rings. The van der Waals surface area contributed by atoms with Crippen molar-refractivity contribution in [2.45, 2.75) is 6.54 Å². The van der Waals surface area contributed by atoms with Crippen LogP contribution in [-0.4, -0.2) is 29.4 Å². The summed E-state index contributed by atoms with van der Waals surface area (Å²) in [5, 5.41) is 7.50. The molecule has 0 aliphatic rings. The van der Waals surface area contributed by atoms with Gasteiger partial charge >= 0.3 is 0 Å². The van der Waals surface area contributed by atoms with E-state index in [2.05, 4.69) is 10.4 Å². The third-order valence-electron chi connectivity index (χ3n) is 3.67. The minimum atomic E-state index is -0.290. The zero-order valence-corrected chi connectivity index (χ0v) is 14.9. The van der Waals surface area contributed by atoms with Gasteiger partial charge in [-0.1, -0.05) is 35.9 Å². The molecule has 0 fully saturated rings. The number of halogens is 1. The van der Waals surface area contributed by atoms with E-state index < -0.39 is 0 Å². The normalized spacial score (nSPS) is 10.4. The van der Waals surface area contributed by atoms with Crippen LogP contribution in [0.1, 0.15) is 5.56 Å². The Bertz CT molecular complexity index is 878. The van der Waals surface area contributed by atoms with Crippen LogP contribution in [-0.2, 0) is 11.3 Å². The van der Waals surface area contributed by atoms with Crippen molar-refractivity contribution in [3.63, 3.8) is 0 Å². The van der Waals surface area contributed by atoms with Crippen LogP contribution >= 0.6 is 11.6 Å². The molecule has 0 spiro atoms. The van der Waals surface area contributed by atoms with Crippen molar-refractivity contribution in [2.75, 3.05) is 19.0 Å². The van der Waals surface area contributed by atoms with Gasteiger partial charge in [0.25, 0.3) is 5.91 Å². The number of benzene rings is 2. The highest BCUT2D eigenvalue weighted by molar-refractivity contribution is 6.32. The number of methoxy groups -OCH3 is 1. The lowest BCUT2D eigenvalue weighted by atomic mass is 10.2. The summed E-state index contributed by atoms with van der Waals surface area (Å²) >= 11 is 6.01. The predicted octanol–water partition coefficient (Wildman–Crippen LogP) is 3.61. The molecular formula is C19H18ClN3O3. The smallest absolute Gasteiger partial charge is 0.263 e. The van der Waals surface area contributed by atoms with E-state index in [4.69, 9.17) is 21.1 Å². The molecule has 0 radical (unpaired) electrons. The predicted molar refractivity (Wildman–Crippen MR) is 99.9 cm³/mol. The Morgan fingerprint density at radius 1 is 1.15 bits per heavy atom. The van der Waals surface area contributed by atoms with Crippen molar-refractivity contribution in [1.29, 1.82) is 0 Å². The van der Waals surface area contributed by atoms with Gasteiger partial charge in [0, 0.05) is 6.07 Å². The van der Waals surface area contributed by atoms with E-state index in [0.717, 1.165) is 11.3 Å². The highest BCUT2D eigenvalue weighted by Gasteiger charge is 2.10. The maximum absolute atomic E-state index is 12.1. The van der Waals surface area contributed by atoms with Gasteiger partial charge in [0.2, 0.25) is 0 Å². The van der Waals surface area contributed by atoms with E-state index >= 15 is 0 Å². The summed E-state index contributed by atoms with van der Waals surface area (Å²) in [7, 11) is 1.63. The van der Waals surface area contributed by atoms with Crippen molar-refractivity contribution in [3.8, 4) is 11.5 Å². The molecule has 0 aliphatic heterocycles. The minimum Gasteiger partial charge on any atom is -0.497 e. The number of carbonyl (C=O) groups excluding carboxylic acids is 1. The summed E-state index contributed by atoms with van der Waals surface area (Å²) in [4.78, 5) is 12.1. The molecule has 7 heteroatoms. The average molecular weight is 372 g/mol. The number of rotatable bonds is 7. The van der Waals surface area contributed by atoms with Crippen LogP contribution in [0.4, 0.5) is 5.82 Å². The standard InChI is InChI=1S/C19H18ClN3O3/c1-25-15-8-6-14(7-9-15)12-23-18(10-11-21-23)22-19(24)13-26-17-5-3-2-4-16(17)20/h2-11H,12-13H2,1H3,(H,22,24). The number of ether oxygens (including phenoxy) is 2. The monoisotopic (exact) mass is 371 g/mol. The van der Waals surface area contributed by atoms with E-state index in [1.807, 2.05) is 24.3 Å². The SMILES string of the molecule is COc1ccc(Cn2nccc2NC(=O)COc2ccccc2Cl)cc1. The van der Waals surface area contributed by atoms with Crippen LogP contribution in [0.2, 0.25) is 5.02 Å². The topological polar surface area (TPSA) is 65.4 Å². The van der Waals surface area contributed by atoms with Crippen LogP contribution < -0.4 is 14.8 Å². The maximum Gasteiger partial charge on any atom is 0.263 e. The molecular weight excluding hydrogens is 354 g/mol. The molecule has 0 atom stereocenters. The number of hydrogen-bond acceptors (Lipinski definition) is 4. The molecule has 0 aliphatic carbocycles. The molecule has 1 aromatic heterocycles. The molecule has 1 N–H and O–H groups in total. The lowest BCUT2D eigenvalue weighted by Gasteiger charge is -2.11. The highest BCUT2D eigenvalue weighted by Crippen LogP contribution is 2.23. The van der Waals surface area contributed by atoms with Crippen molar-refractivity contribution in [2.24, 2.45) is 0 Å². The Morgan fingerprint density at radius 2 is 1.92 bits per heavy atom. The summed E-state index contributed by atoms with van der Waals surface area (Å²) in [6.07, 6.45) is 1.63. The number of amides is 1. The molecule has 134 valence electrons. The van der Waals surface area contributed by atoms with Crippen LogP contribution in [0.3, 0.4) is 0 Å². The fourth-order valence-corrected chi connectivity index (χ4v) is 2.54. The zero-order chi connectivity index (χ0) is 18.4. The van der Waals surface area contributed by atoms with Gasteiger partial charge in [0.05, 0.1) is 24.9 Å². The summed E-state index contributed by atoms with van der Waals surface area (Å²) in [6.45, 7) is 0.384. The number of hydrogen-bond donors (Lipinski definition) is 1. The Labute approximate surface area is 156 Å². The Morgan fingerprint density at radius 3 is 2.65 bits per heavy atom. The molecule has 0 unspecified atom stereocenters. The first-order valence-corrected chi connectivity index (χ1v) is 8.35. The van der Waals surface area contributed by atoms with Crippen molar-refractivity contribution in [3.05, 3.63) is 71.4 Å². The Kier molecular flexibility index (Phi) is 5.76. The molecule has 2 aromatic carbocycles. The third-order valence-corrected chi connectivity index (χ3v) is 3.98. The van der Waals surface area contributed by atoms with E-state index in [1.54, 1.807) is 48.3 Å². The van der Waals surface area contributed by atoms with Gasteiger partial charge in [-0.2, -0.15) is 5.10 Å². The number of nitrogens with one attached hydrogen (secondary N) is 1. The molecule has 0 saturated carbocycles. The molecule has 0 bridgehead atoms. The lowest BCUT2D eigenvalue weighted by Crippen LogP contribution is -2.22. The number of para-hydroxylation sites is 1. The molecule has 6 nitrogen and oxygen atoms in total. The Hall–Kier alpha value is -2.99. The van der Waals surface area contributed by atoms with Crippen molar-refractivity contribution in [1.82, 2.24) is 9.78 Å². The highest BCUT2D eigenvalue weighted by atomic mass is 35.5. The second-order valence-electron chi connectivity index (χ2n) is 5.49. The van der Waals surface area contributed by atoms with Crippen molar-refractivity contribution >= 4 is 23.3 Å². The first kappa shape index (κ1) is 17.8. The Balaban J connectivity index is 1.59. The van der Waals surface area contributed by atoms with Gasteiger partial charge in [0.1, 0.15) is 17.3 Å². The molecule has 1 amide bonds. The van der Waals surface area contributed by atoms with Gasteiger partial charge < -0.3 is 14.8 Å². The zero-order valence-electron chi connectivity index (χ0n) is 14.2. The van der Waals surface area contributed by atoms with Crippen LogP contribution in [0, 0.1) is 0 Å². The summed E-state index contributed by atoms with van der Waals surface area (Å²) in [5.74, 6) is 1.56. The van der Waals surface area contributed by atoms with Gasteiger partial charge in [-0.25, -0.2) is 4.68 Å². The summed E-state index contributed by atoms with van der Waals surface area (Å²) in [6, 6.07) is 16.4. The number of aromatic nitrogens is 2. The van der Waals surface area contributed by atoms with Crippen LogP contribution in [0.5, 0.6) is 11.5 Å². The fourth-order valence-electron chi connectivity index (χ4n) is 2.35. The fraction of sp³-hybridized carbons (Fsp3) is 0.158. The molecule has 3 rings (SSSR count). The average Bonchev–Trinajstić information content (AvgIpc) is 3.08. The number of anilines is 1. The first-order chi connectivity index (χ1) is 12.7. The van der Waals surface area contributed by atoms with Crippen LogP contribution in [0.15, 0.2) is 60.8 Å². The van der Waals surface area contributed by atoms with Crippen molar-refractivity contribution < 1.29 is 14.3 Å². The van der Waals surface area contributed by atoms with E-state index in [-0.39, 0.29) is 12.5 Å². The number of nitrogens with zero attached hydrogens (tertiary/aromatic N) is 2. The van der Waals surface area contributed by atoms with Gasteiger partial charge in [-0.05, 0) is 29.8 Å². The van der Waals surface area contributed by atoms with E-state index in [0.29, 0.717) is 23.1 Å². The lowest BCUT2D eigenvalue weighted by molar-refractivity contribution is -0.118. The number of carbonyl (C=O) groups is 1. The van der Waals surface area contributed by atoms with Crippen LogP contribution in [0.25, 0.3) is 0 Å².